The van der Waals surface area contributed by atoms with E-state index in [4.69, 9.17) is 4.74 Å². The van der Waals surface area contributed by atoms with Gasteiger partial charge < -0.3 is 19.6 Å². The molecule has 1 aromatic heterocycles. The number of benzene rings is 1. The maximum absolute atomic E-state index is 12.6. The maximum atomic E-state index is 12.6. The van der Waals surface area contributed by atoms with Gasteiger partial charge in [0.2, 0.25) is 0 Å². The predicted octanol–water partition coefficient (Wildman–Crippen LogP) is 0.298. The number of fused-ring (bicyclic) bond motifs is 1. The lowest BCUT2D eigenvalue weighted by Crippen LogP contribution is -2.60. The van der Waals surface area contributed by atoms with Crippen LogP contribution in [-0.2, 0) is 9.53 Å². The third-order valence-electron chi connectivity index (χ3n) is 4.77. The van der Waals surface area contributed by atoms with E-state index < -0.39 is 12.2 Å². The van der Waals surface area contributed by atoms with Crippen molar-refractivity contribution in [2.75, 3.05) is 31.1 Å². The van der Waals surface area contributed by atoms with Crippen molar-refractivity contribution in [1.29, 1.82) is 5.26 Å². The van der Waals surface area contributed by atoms with Crippen molar-refractivity contribution in [3.05, 3.63) is 30.1 Å². The van der Waals surface area contributed by atoms with Crippen LogP contribution in [0.3, 0.4) is 0 Å². The molecule has 8 heteroatoms. The third kappa shape index (κ3) is 2.85. The molecule has 2 aliphatic rings. The molecule has 4 rings (SSSR count). The zero-order valence-corrected chi connectivity index (χ0v) is 14.4. The largest absolute Gasteiger partial charge is 0.389 e. The summed E-state index contributed by atoms with van der Waals surface area (Å²) in [4.78, 5) is 25.0. The Labute approximate surface area is 150 Å². The van der Waals surface area contributed by atoms with Gasteiger partial charge in [-0.1, -0.05) is 0 Å². The molecule has 2 fully saturated rings. The normalized spacial score (nSPS) is 23.6. The monoisotopic (exact) mass is 353 g/mol. The molecule has 2 unspecified atom stereocenters. The number of carbonyl (C=O) groups is 1. The number of anilines is 1. The van der Waals surface area contributed by atoms with E-state index in [1.54, 1.807) is 23.4 Å². The molecule has 2 atom stereocenters. The van der Waals surface area contributed by atoms with Gasteiger partial charge in [-0.3, -0.25) is 14.8 Å². The molecule has 8 nitrogen and oxygen atoms in total. The Morgan fingerprint density at radius 3 is 2.65 bits per heavy atom. The zero-order valence-electron chi connectivity index (χ0n) is 14.4. The number of hydrogen-bond donors (Lipinski definition) is 1. The first-order chi connectivity index (χ1) is 12.6. The Morgan fingerprint density at radius 2 is 1.96 bits per heavy atom. The number of likely N-dealkylation sites (tertiary alicyclic amines) is 1. The van der Waals surface area contributed by atoms with Gasteiger partial charge in [-0.25, -0.2) is 0 Å². The topological polar surface area (TPSA) is 103 Å². The molecule has 134 valence electrons. The molecule has 2 aromatic rings. The molecule has 0 bridgehead atoms. The lowest BCUT2D eigenvalue weighted by atomic mass is 10.1. The first-order valence-corrected chi connectivity index (χ1v) is 8.58. The Morgan fingerprint density at radius 1 is 1.23 bits per heavy atom. The Bertz CT molecular complexity index is 890. The molecule has 0 saturated carbocycles. The summed E-state index contributed by atoms with van der Waals surface area (Å²) < 4.78 is 5.85. The van der Waals surface area contributed by atoms with Crippen molar-refractivity contribution in [2.45, 2.75) is 25.2 Å². The van der Waals surface area contributed by atoms with Crippen LogP contribution in [0.25, 0.3) is 11.0 Å². The Hall–Kier alpha value is -2.76. The third-order valence-corrected chi connectivity index (χ3v) is 4.77. The van der Waals surface area contributed by atoms with Gasteiger partial charge >= 0.3 is 0 Å². The molecule has 2 saturated heterocycles. The molecule has 1 N–H and O–H groups in total. The molecule has 2 aliphatic heterocycles. The number of amides is 1. The number of aliphatic hydroxyl groups excluding tert-OH is 1. The van der Waals surface area contributed by atoms with Gasteiger partial charge in [0, 0.05) is 32.0 Å². The lowest BCUT2D eigenvalue weighted by Gasteiger charge is -2.42. The van der Waals surface area contributed by atoms with Crippen LogP contribution in [-0.4, -0.2) is 70.4 Å². The molecule has 26 heavy (non-hydrogen) atoms. The first-order valence-electron chi connectivity index (χ1n) is 8.58. The van der Waals surface area contributed by atoms with Crippen molar-refractivity contribution in [3.8, 4) is 6.07 Å². The molecule has 0 spiro atoms. The second-order valence-corrected chi connectivity index (χ2v) is 6.73. The number of ether oxygens (including phenoxy) is 1. The van der Waals surface area contributed by atoms with Crippen molar-refractivity contribution in [2.24, 2.45) is 0 Å². The maximum Gasteiger partial charge on any atom is 0.253 e. The van der Waals surface area contributed by atoms with Crippen molar-refractivity contribution in [1.82, 2.24) is 14.9 Å². The summed E-state index contributed by atoms with van der Waals surface area (Å²) in [6.07, 6.45) is 2.01. The number of rotatable bonds is 2. The van der Waals surface area contributed by atoms with E-state index in [0.717, 1.165) is 5.69 Å². The molecule has 0 radical (unpaired) electrons. The molecular formula is C18H19N5O3. The van der Waals surface area contributed by atoms with E-state index in [9.17, 15) is 15.2 Å². The minimum absolute atomic E-state index is 0.101. The van der Waals surface area contributed by atoms with Gasteiger partial charge in [0.15, 0.2) is 6.10 Å². The van der Waals surface area contributed by atoms with E-state index >= 15 is 0 Å². The minimum atomic E-state index is -0.589. The summed E-state index contributed by atoms with van der Waals surface area (Å²) in [7, 11) is 0. The number of nitrogens with zero attached hydrogens (tertiary/aromatic N) is 5. The molecule has 1 amide bonds. The van der Waals surface area contributed by atoms with Crippen LogP contribution in [0.2, 0.25) is 0 Å². The van der Waals surface area contributed by atoms with Crippen LogP contribution in [0.1, 0.15) is 12.5 Å². The van der Waals surface area contributed by atoms with Gasteiger partial charge in [0.05, 0.1) is 30.0 Å². The number of nitriles is 1. The smallest absolute Gasteiger partial charge is 0.253 e. The van der Waals surface area contributed by atoms with Gasteiger partial charge in [0.25, 0.3) is 5.91 Å². The fourth-order valence-corrected chi connectivity index (χ4v) is 3.51. The number of β-amino-alcohol motifs (C(OH)–C–C–N with tert-alkyl or cyclic N) is 1. The quantitative estimate of drug-likeness (QED) is 0.828. The second kappa shape index (κ2) is 6.52. The summed E-state index contributed by atoms with van der Waals surface area (Å²) in [6.45, 7) is 3.66. The first kappa shape index (κ1) is 16.7. The highest BCUT2D eigenvalue weighted by molar-refractivity contribution is 5.92. The van der Waals surface area contributed by atoms with Crippen molar-refractivity contribution in [3.63, 3.8) is 0 Å². The van der Waals surface area contributed by atoms with E-state index in [-0.39, 0.29) is 12.0 Å². The SMILES string of the molecule is CC1CN(c2ccc(C#N)c3nccnc23)CC(C(=O)N2CC(O)C2)O1. The highest BCUT2D eigenvalue weighted by Gasteiger charge is 2.38. The standard InChI is InChI=1S/C18H19N5O3/c1-11-7-22(10-15(26-11)18(25)23-8-13(24)9-23)14-3-2-12(6-19)16-17(14)21-5-4-20-16/h2-5,11,13,15,24H,7-10H2,1H3. The van der Waals surface area contributed by atoms with Crippen LogP contribution in [0.4, 0.5) is 5.69 Å². The van der Waals surface area contributed by atoms with Gasteiger partial charge in [-0.05, 0) is 19.1 Å². The zero-order chi connectivity index (χ0) is 18.3. The fraction of sp³-hybridized carbons (Fsp3) is 0.444. The fourth-order valence-electron chi connectivity index (χ4n) is 3.51. The average Bonchev–Trinajstić information content (AvgIpc) is 2.63. The highest BCUT2D eigenvalue weighted by Crippen LogP contribution is 2.29. The molecule has 0 aliphatic carbocycles. The number of hydrogen-bond acceptors (Lipinski definition) is 7. The van der Waals surface area contributed by atoms with E-state index in [1.165, 1.54) is 0 Å². The summed E-state index contributed by atoms with van der Waals surface area (Å²) >= 11 is 0. The Kier molecular flexibility index (Phi) is 4.18. The van der Waals surface area contributed by atoms with Gasteiger partial charge in [-0.15, -0.1) is 0 Å². The number of morpholine rings is 1. The molecule has 1 aromatic carbocycles. The van der Waals surface area contributed by atoms with Crippen molar-refractivity contribution >= 4 is 22.6 Å². The summed E-state index contributed by atoms with van der Waals surface area (Å²) in [5.41, 5.74) is 2.51. The summed E-state index contributed by atoms with van der Waals surface area (Å²) in [5, 5.41) is 18.7. The van der Waals surface area contributed by atoms with E-state index in [2.05, 4.69) is 20.9 Å². The molecular weight excluding hydrogens is 334 g/mol. The Balaban J connectivity index is 1.64. The highest BCUT2D eigenvalue weighted by atomic mass is 16.5. The minimum Gasteiger partial charge on any atom is -0.389 e. The van der Waals surface area contributed by atoms with Crippen LogP contribution in [0.5, 0.6) is 0 Å². The van der Waals surface area contributed by atoms with Crippen molar-refractivity contribution < 1.29 is 14.6 Å². The van der Waals surface area contributed by atoms with Gasteiger partial charge in [0.1, 0.15) is 17.1 Å². The van der Waals surface area contributed by atoms with E-state index in [0.29, 0.717) is 42.8 Å². The number of aromatic nitrogens is 2. The van der Waals surface area contributed by atoms with Crippen LogP contribution in [0, 0.1) is 11.3 Å². The van der Waals surface area contributed by atoms with Crippen LogP contribution >= 0.6 is 0 Å². The number of carbonyl (C=O) groups excluding carboxylic acids is 1. The predicted molar refractivity (Wildman–Crippen MR) is 93.4 cm³/mol. The molecule has 3 heterocycles. The van der Waals surface area contributed by atoms with Crippen LogP contribution < -0.4 is 4.90 Å². The average molecular weight is 353 g/mol. The lowest BCUT2D eigenvalue weighted by molar-refractivity contribution is -0.158. The summed E-state index contributed by atoms with van der Waals surface area (Å²) in [5.74, 6) is -0.101. The van der Waals surface area contributed by atoms with E-state index in [1.807, 2.05) is 13.0 Å². The summed E-state index contributed by atoms with van der Waals surface area (Å²) in [6, 6.07) is 5.72. The second-order valence-electron chi connectivity index (χ2n) is 6.73. The van der Waals surface area contributed by atoms with Gasteiger partial charge in [-0.2, -0.15) is 5.26 Å². The number of aliphatic hydroxyl groups is 1. The van der Waals surface area contributed by atoms with Crippen LogP contribution in [0.15, 0.2) is 24.5 Å².